The highest BCUT2D eigenvalue weighted by molar-refractivity contribution is 5.63. The maximum Gasteiger partial charge on any atom is 0.249 e. The Bertz CT molecular complexity index is 890. The van der Waals surface area contributed by atoms with Crippen molar-refractivity contribution in [2.45, 2.75) is 6.54 Å². The molecule has 0 atom stereocenters. The summed E-state index contributed by atoms with van der Waals surface area (Å²) in [5.74, 6) is 0.412. The molecular formula is C17H13FN6. The van der Waals surface area contributed by atoms with E-state index in [0.717, 1.165) is 0 Å². The van der Waals surface area contributed by atoms with E-state index in [2.05, 4.69) is 31.9 Å². The summed E-state index contributed by atoms with van der Waals surface area (Å²) in [6.07, 6.45) is 1.45. The van der Waals surface area contributed by atoms with Crippen molar-refractivity contribution < 1.29 is 4.39 Å². The molecule has 0 fully saturated rings. The number of hydrogen-bond donors (Lipinski definition) is 2. The van der Waals surface area contributed by atoms with Crippen LogP contribution < -0.4 is 10.6 Å². The minimum atomic E-state index is -0.284. The molecule has 1 aromatic heterocycles. The van der Waals surface area contributed by atoms with Crippen LogP contribution in [0.1, 0.15) is 11.1 Å². The van der Waals surface area contributed by atoms with E-state index in [0.29, 0.717) is 22.6 Å². The van der Waals surface area contributed by atoms with Gasteiger partial charge in [-0.1, -0.05) is 30.3 Å². The Morgan fingerprint density at radius 1 is 1.08 bits per heavy atom. The maximum atomic E-state index is 13.6. The lowest BCUT2D eigenvalue weighted by atomic mass is 10.2. The van der Waals surface area contributed by atoms with Gasteiger partial charge in [-0.25, -0.2) is 4.39 Å². The normalized spacial score (nSPS) is 10.0. The highest BCUT2D eigenvalue weighted by Gasteiger charge is 2.06. The number of nitrogens with zero attached hydrogens (tertiary/aromatic N) is 4. The minimum absolute atomic E-state index is 0.247. The molecule has 0 saturated carbocycles. The molecule has 24 heavy (non-hydrogen) atoms. The number of aromatic nitrogens is 3. The molecule has 1 heterocycles. The zero-order valence-electron chi connectivity index (χ0n) is 12.6. The molecule has 0 aliphatic heterocycles. The summed E-state index contributed by atoms with van der Waals surface area (Å²) >= 11 is 0. The van der Waals surface area contributed by atoms with Gasteiger partial charge in [0, 0.05) is 12.1 Å². The molecule has 2 aromatic carbocycles. The molecule has 118 valence electrons. The Morgan fingerprint density at radius 2 is 1.88 bits per heavy atom. The lowest BCUT2D eigenvalue weighted by Gasteiger charge is -2.09. The van der Waals surface area contributed by atoms with Crippen molar-refractivity contribution in [1.82, 2.24) is 15.2 Å². The van der Waals surface area contributed by atoms with E-state index < -0.39 is 0 Å². The quantitative estimate of drug-likeness (QED) is 0.750. The largest absolute Gasteiger partial charge is 0.364 e. The zero-order valence-corrected chi connectivity index (χ0v) is 12.6. The van der Waals surface area contributed by atoms with Crippen LogP contribution in [0.5, 0.6) is 0 Å². The molecule has 0 bridgehead atoms. The van der Waals surface area contributed by atoms with Crippen LogP contribution in [0.25, 0.3) is 0 Å². The van der Waals surface area contributed by atoms with Crippen LogP contribution in [-0.4, -0.2) is 15.2 Å². The van der Waals surface area contributed by atoms with E-state index in [1.54, 1.807) is 42.5 Å². The maximum absolute atomic E-state index is 13.6. The fourth-order valence-corrected chi connectivity index (χ4v) is 2.08. The zero-order chi connectivity index (χ0) is 16.8. The summed E-state index contributed by atoms with van der Waals surface area (Å²) in [5, 5.41) is 22.8. The van der Waals surface area contributed by atoms with Gasteiger partial charge in [0.2, 0.25) is 5.95 Å². The van der Waals surface area contributed by atoms with E-state index in [-0.39, 0.29) is 18.3 Å². The molecule has 0 saturated heterocycles. The Morgan fingerprint density at radius 3 is 2.71 bits per heavy atom. The smallest absolute Gasteiger partial charge is 0.249 e. The Balaban J connectivity index is 1.73. The highest BCUT2D eigenvalue weighted by atomic mass is 19.1. The number of rotatable bonds is 5. The van der Waals surface area contributed by atoms with Gasteiger partial charge in [-0.15, -0.1) is 5.10 Å². The molecular weight excluding hydrogens is 307 g/mol. The summed E-state index contributed by atoms with van der Waals surface area (Å²) in [6, 6.07) is 15.6. The molecule has 0 spiro atoms. The molecule has 3 aromatic rings. The van der Waals surface area contributed by atoms with E-state index in [4.69, 9.17) is 5.26 Å². The molecule has 0 unspecified atom stereocenters. The van der Waals surface area contributed by atoms with Crippen molar-refractivity contribution in [2.24, 2.45) is 0 Å². The van der Waals surface area contributed by atoms with Gasteiger partial charge in [-0.2, -0.15) is 15.3 Å². The third kappa shape index (κ3) is 3.62. The van der Waals surface area contributed by atoms with Crippen molar-refractivity contribution in [2.75, 3.05) is 10.6 Å². The summed E-state index contributed by atoms with van der Waals surface area (Å²) in [6.45, 7) is 0.277. The van der Waals surface area contributed by atoms with Gasteiger partial charge in [0.15, 0.2) is 5.82 Å². The van der Waals surface area contributed by atoms with Crippen molar-refractivity contribution in [3.8, 4) is 6.07 Å². The number of nitriles is 1. The van der Waals surface area contributed by atoms with Crippen LogP contribution >= 0.6 is 0 Å². The predicted molar refractivity (Wildman–Crippen MR) is 88.0 cm³/mol. The minimum Gasteiger partial charge on any atom is -0.364 e. The average Bonchev–Trinajstić information content (AvgIpc) is 2.62. The number of halogens is 1. The van der Waals surface area contributed by atoms with Crippen molar-refractivity contribution >= 4 is 17.5 Å². The lowest BCUT2D eigenvalue weighted by Crippen LogP contribution is -2.07. The van der Waals surface area contributed by atoms with Crippen molar-refractivity contribution in [3.63, 3.8) is 0 Å². The second-order valence-corrected chi connectivity index (χ2v) is 4.89. The lowest BCUT2D eigenvalue weighted by molar-refractivity contribution is 0.613. The number of nitrogens with one attached hydrogen (secondary N) is 2. The molecule has 6 nitrogen and oxygen atoms in total. The average molecular weight is 320 g/mol. The van der Waals surface area contributed by atoms with Gasteiger partial charge in [0.05, 0.1) is 17.4 Å². The van der Waals surface area contributed by atoms with E-state index in [1.807, 2.05) is 0 Å². The first-order valence-corrected chi connectivity index (χ1v) is 7.19. The standard InChI is InChI=1S/C17H13FN6/c18-14-7-3-1-6-13(14)10-20-16-11-21-24-17(23-16)22-15-8-4-2-5-12(15)9-19/h1-8,11H,10H2,(H2,20,22,23,24). The number of benzene rings is 2. The van der Waals surface area contributed by atoms with Crippen LogP contribution in [0.3, 0.4) is 0 Å². The third-order valence-corrected chi connectivity index (χ3v) is 3.27. The fraction of sp³-hybridized carbons (Fsp3) is 0.0588. The SMILES string of the molecule is N#Cc1ccccc1Nc1nncc(NCc2ccccc2F)n1. The Hall–Kier alpha value is -3.53. The van der Waals surface area contributed by atoms with Gasteiger partial charge in [-0.3, -0.25) is 0 Å². The third-order valence-electron chi connectivity index (χ3n) is 3.27. The van der Waals surface area contributed by atoms with Crippen molar-refractivity contribution in [1.29, 1.82) is 5.26 Å². The van der Waals surface area contributed by atoms with Crippen LogP contribution in [0.15, 0.2) is 54.7 Å². The summed E-state index contributed by atoms with van der Waals surface area (Å²) in [7, 11) is 0. The number of anilines is 3. The molecule has 0 aliphatic carbocycles. The second-order valence-electron chi connectivity index (χ2n) is 4.89. The first-order valence-electron chi connectivity index (χ1n) is 7.19. The fourth-order valence-electron chi connectivity index (χ4n) is 2.08. The van der Waals surface area contributed by atoms with Gasteiger partial charge in [0.1, 0.15) is 11.9 Å². The topological polar surface area (TPSA) is 86.5 Å². The second kappa shape index (κ2) is 7.15. The molecule has 7 heteroatoms. The van der Waals surface area contributed by atoms with Gasteiger partial charge < -0.3 is 10.6 Å². The van der Waals surface area contributed by atoms with Gasteiger partial charge in [0.25, 0.3) is 0 Å². The van der Waals surface area contributed by atoms with Crippen LogP contribution in [0.2, 0.25) is 0 Å². The van der Waals surface area contributed by atoms with E-state index >= 15 is 0 Å². The first-order chi connectivity index (χ1) is 11.8. The monoisotopic (exact) mass is 320 g/mol. The number of hydrogen-bond acceptors (Lipinski definition) is 6. The molecule has 0 radical (unpaired) electrons. The molecule has 2 N–H and O–H groups in total. The predicted octanol–water partition coefficient (Wildman–Crippen LogP) is 3.24. The first kappa shape index (κ1) is 15.4. The Labute approximate surface area is 138 Å². The van der Waals surface area contributed by atoms with Crippen LogP contribution in [0, 0.1) is 17.1 Å². The Kier molecular flexibility index (Phi) is 4.58. The van der Waals surface area contributed by atoms with Crippen LogP contribution in [-0.2, 0) is 6.54 Å². The molecule has 0 aliphatic rings. The molecule has 3 rings (SSSR count). The summed E-state index contributed by atoms with van der Waals surface area (Å²) in [5.41, 5.74) is 1.60. The highest BCUT2D eigenvalue weighted by Crippen LogP contribution is 2.18. The van der Waals surface area contributed by atoms with Gasteiger partial charge in [-0.05, 0) is 18.2 Å². The van der Waals surface area contributed by atoms with Gasteiger partial charge >= 0.3 is 0 Å². The van der Waals surface area contributed by atoms with E-state index in [9.17, 15) is 4.39 Å². The number of para-hydroxylation sites is 1. The molecule has 0 amide bonds. The van der Waals surface area contributed by atoms with Crippen LogP contribution in [0.4, 0.5) is 21.8 Å². The van der Waals surface area contributed by atoms with Crippen molar-refractivity contribution in [3.05, 3.63) is 71.7 Å². The summed E-state index contributed by atoms with van der Waals surface area (Å²) < 4.78 is 13.6. The summed E-state index contributed by atoms with van der Waals surface area (Å²) in [4.78, 5) is 4.26. The van der Waals surface area contributed by atoms with E-state index in [1.165, 1.54) is 12.3 Å².